The van der Waals surface area contributed by atoms with Gasteiger partial charge in [0.15, 0.2) is 24.4 Å². The highest BCUT2D eigenvalue weighted by Crippen LogP contribution is 2.21. The lowest BCUT2D eigenvalue weighted by atomic mass is 9.72. The second-order valence-electron chi connectivity index (χ2n) is 6.65. The maximum atomic E-state index is 12.0. The van der Waals surface area contributed by atoms with Gasteiger partial charge in [0.1, 0.15) is 0 Å². The summed E-state index contributed by atoms with van der Waals surface area (Å²) in [7, 11) is 2.38. The van der Waals surface area contributed by atoms with Gasteiger partial charge < -0.3 is 37.6 Å². The van der Waals surface area contributed by atoms with Crippen molar-refractivity contribution < 1.29 is 56.7 Å². The summed E-state index contributed by atoms with van der Waals surface area (Å²) in [6.45, 7) is 0. The Labute approximate surface area is 183 Å². The molecule has 4 atom stereocenters. The quantitative estimate of drug-likeness (QED) is 0.254. The first-order valence-electron chi connectivity index (χ1n) is 9.37. The van der Waals surface area contributed by atoms with Gasteiger partial charge in [-0.05, 0) is 10.9 Å². The van der Waals surface area contributed by atoms with Crippen molar-refractivity contribution in [2.75, 3.05) is 28.4 Å². The van der Waals surface area contributed by atoms with Crippen molar-refractivity contribution >= 4 is 49.0 Å². The molecule has 0 unspecified atom stereocenters. The Kier molecular flexibility index (Phi) is 7.51. The number of rotatable bonds is 6. The van der Waals surface area contributed by atoms with Gasteiger partial charge in [-0.15, -0.1) is 0 Å². The van der Waals surface area contributed by atoms with Crippen molar-refractivity contribution in [1.29, 1.82) is 0 Å². The summed E-state index contributed by atoms with van der Waals surface area (Å²) in [6.07, 6.45) is -5.31. The second kappa shape index (κ2) is 10.1. The molecule has 2 saturated heterocycles. The summed E-state index contributed by atoms with van der Waals surface area (Å²) in [5.41, 5.74) is 0.817. The van der Waals surface area contributed by atoms with Crippen LogP contribution in [0.25, 0.3) is 0 Å². The fourth-order valence-corrected chi connectivity index (χ4v) is 3.23. The maximum absolute atomic E-state index is 12.0. The fraction of sp³-hybridized carbons (Fsp3) is 0.444. The average molecular weight is 450 g/mol. The van der Waals surface area contributed by atoms with Gasteiger partial charge in [-0.2, -0.15) is 0 Å². The molecule has 14 heteroatoms. The van der Waals surface area contributed by atoms with Crippen LogP contribution in [-0.4, -0.2) is 91.0 Å². The molecule has 0 spiro atoms. The molecule has 12 nitrogen and oxygen atoms in total. The summed E-state index contributed by atoms with van der Waals surface area (Å²) >= 11 is 0. The van der Waals surface area contributed by atoms with E-state index >= 15 is 0 Å². The van der Waals surface area contributed by atoms with Gasteiger partial charge in [0.25, 0.3) is 0 Å². The number of carbonyl (C=O) groups excluding carboxylic acids is 4. The molecule has 2 fully saturated rings. The Balaban J connectivity index is 1.82. The molecule has 3 rings (SSSR count). The van der Waals surface area contributed by atoms with E-state index < -0.39 is 62.5 Å². The first-order valence-corrected chi connectivity index (χ1v) is 9.37. The van der Waals surface area contributed by atoms with Gasteiger partial charge in [0.2, 0.25) is 0 Å². The van der Waals surface area contributed by atoms with Crippen molar-refractivity contribution in [1.82, 2.24) is 0 Å². The van der Waals surface area contributed by atoms with Crippen LogP contribution in [0.5, 0.6) is 0 Å². The molecule has 32 heavy (non-hydrogen) atoms. The number of hydrogen-bond donors (Lipinski definition) is 0. The summed E-state index contributed by atoms with van der Waals surface area (Å²) in [4.78, 5) is 48.0. The predicted molar refractivity (Wildman–Crippen MR) is 105 cm³/mol. The molecular formula is C18H20B2O12. The van der Waals surface area contributed by atoms with Crippen molar-refractivity contribution in [2.24, 2.45) is 0 Å². The van der Waals surface area contributed by atoms with Gasteiger partial charge in [-0.3, -0.25) is 0 Å². The molecule has 0 saturated carbocycles. The standard InChI is InChI=1S/C18H20B2O12/c1-25-15(21)11-12(16(22)26-2)30-19(29-11)9-6-5-7-10(8-9)20-31-13(17(23)27-3)14(32-20)18(24)28-4/h5-8,11-14H,1-4H3/t11-,12-,13-,14-/m1/s1. The van der Waals surface area contributed by atoms with Gasteiger partial charge in [-0.25, -0.2) is 19.2 Å². The zero-order chi connectivity index (χ0) is 23.4. The van der Waals surface area contributed by atoms with Gasteiger partial charge in [-0.1, -0.05) is 24.3 Å². The van der Waals surface area contributed by atoms with Crippen LogP contribution in [-0.2, 0) is 56.7 Å². The fourth-order valence-electron chi connectivity index (χ4n) is 3.23. The normalized spacial score (nSPS) is 24.8. The number of carbonyl (C=O) groups is 4. The van der Waals surface area contributed by atoms with Crippen LogP contribution in [0.2, 0.25) is 0 Å². The van der Waals surface area contributed by atoms with Crippen molar-refractivity contribution in [3.05, 3.63) is 24.3 Å². The molecular weight excluding hydrogens is 430 g/mol. The summed E-state index contributed by atoms with van der Waals surface area (Å²) in [5.74, 6) is -3.21. The Morgan fingerprint density at radius 1 is 0.625 bits per heavy atom. The van der Waals surface area contributed by atoms with E-state index in [-0.39, 0.29) is 0 Å². The lowest BCUT2D eigenvalue weighted by Crippen LogP contribution is -2.40. The topological polar surface area (TPSA) is 142 Å². The Hall–Kier alpha value is -2.93. The molecule has 0 N–H and O–H groups in total. The molecule has 0 aromatic heterocycles. The number of ether oxygens (including phenoxy) is 4. The smallest absolute Gasteiger partial charge is 0.467 e. The highest BCUT2D eigenvalue weighted by atomic mass is 16.7. The van der Waals surface area contributed by atoms with E-state index in [2.05, 4.69) is 18.9 Å². The molecule has 1 aromatic rings. The van der Waals surface area contributed by atoms with Crippen LogP contribution in [0, 0.1) is 0 Å². The van der Waals surface area contributed by atoms with E-state index in [1.165, 1.54) is 0 Å². The highest BCUT2D eigenvalue weighted by molar-refractivity contribution is 6.66. The molecule has 2 heterocycles. The molecule has 0 bridgehead atoms. The van der Waals surface area contributed by atoms with E-state index in [1.54, 1.807) is 24.3 Å². The summed E-state index contributed by atoms with van der Waals surface area (Å²) in [5, 5.41) is 0. The Bertz CT molecular complexity index is 777. The highest BCUT2D eigenvalue weighted by Gasteiger charge is 2.51. The zero-order valence-electron chi connectivity index (χ0n) is 17.7. The lowest BCUT2D eigenvalue weighted by molar-refractivity contribution is -0.160. The minimum absolute atomic E-state index is 0.408. The van der Waals surface area contributed by atoms with Crippen LogP contribution in [0.15, 0.2) is 24.3 Å². The van der Waals surface area contributed by atoms with E-state index in [9.17, 15) is 19.2 Å². The minimum atomic E-state index is -1.33. The monoisotopic (exact) mass is 450 g/mol. The van der Waals surface area contributed by atoms with E-state index in [1.807, 2.05) is 0 Å². The summed E-state index contributed by atoms with van der Waals surface area (Å²) in [6, 6.07) is 6.40. The van der Waals surface area contributed by atoms with E-state index in [0.717, 1.165) is 28.4 Å². The summed E-state index contributed by atoms with van der Waals surface area (Å²) < 4.78 is 41.0. The average Bonchev–Trinajstić information content (AvgIpc) is 3.47. The minimum Gasteiger partial charge on any atom is -0.467 e. The maximum Gasteiger partial charge on any atom is 0.495 e. The van der Waals surface area contributed by atoms with Crippen LogP contribution < -0.4 is 10.9 Å². The van der Waals surface area contributed by atoms with Gasteiger partial charge in [0, 0.05) is 0 Å². The first kappa shape index (κ1) is 23.7. The predicted octanol–water partition coefficient (Wildman–Crippen LogP) is -2.66. The molecule has 170 valence electrons. The molecule has 0 radical (unpaired) electrons. The SMILES string of the molecule is COC(=O)[C@@H]1OB(c2cccc(B3O[C@@H](C(=O)OC)[C@H](C(=O)OC)O3)c2)O[C@H]1C(=O)OC. The lowest BCUT2D eigenvalue weighted by Gasteiger charge is -2.13. The Morgan fingerprint density at radius 2 is 0.906 bits per heavy atom. The third-order valence-electron chi connectivity index (χ3n) is 4.82. The molecule has 2 aliphatic heterocycles. The van der Waals surface area contributed by atoms with Crippen molar-refractivity contribution in [3.8, 4) is 0 Å². The molecule has 0 amide bonds. The number of esters is 4. The number of hydrogen-bond acceptors (Lipinski definition) is 12. The first-order chi connectivity index (χ1) is 15.3. The largest absolute Gasteiger partial charge is 0.495 e. The third kappa shape index (κ3) is 4.63. The number of benzene rings is 1. The molecule has 0 aliphatic carbocycles. The van der Waals surface area contributed by atoms with Crippen LogP contribution >= 0.6 is 0 Å². The van der Waals surface area contributed by atoms with Crippen LogP contribution in [0.4, 0.5) is 0 Å². The van der Waals surface area contributed by atoms with Crippen molar-refractivity contribution in [3.63, 3.8) is 0 Å². The second-order valence-corrected chi connectivity index (χ2v) is 6.65. The van der Waals surface area contributed by atoms with E-state index in [4.69, 9.17) is 18.6 Å². The van der Waals surface area contributed by atoms with Crippen molar-refractivity contribution in [2.45, 2.75) is 24.4 Å². The van der Waals surface area contributed by atoms with Crippen LogP contribution in [0.3, 0.4) is 0 Å². The molecule has 2 aliphatic rings. The Morgan fingerprint density at radius 3 is 1.16 bits per heavy atom. The van der Waals surface area contributed by atoms with E-state index in [0.29, 0.717) is 10.9 Å². The number of methoxy groups -OCH3 is 4. The molecule has 1 aromatic carbocycles. The third-order valence-corrected chi connectivity index (χ3v) is 4.82. The zero-order valence-corrected chi connectivity index (χ0v) is 17.7. The van der Waals surface area contributed by atoms with Crippen LogP contribution in [0.1, 0.15) is 0 Å². The van der Waals surface area contributed by atoms with Gasteiger partial charge >= 0.3 is 38.1 Å². The van der Waals surface area contributed by atoms with Gasteiger partial charge in [0.05, 0.1) is 28.4 Å².